The summed E-state index contributed by atoms with van der Waals surface area (Å²) in [6.07, 6.45) is 0.281. The van der Waals surface area contributed by atoms with Crippen LogP contribution in [-0.2, 0) is 6.18 Å². The van der Waals surface area contributed by atoms with Gasteiger partial charge in [-0.25, -0.2) is 9.97 Å². The fraction of sp³-hybridized carbons (Fsp3) is 0.321. The van der Waals surface area contributed by atoms with Crippen molar-refractivity contribution in [3.05, 3.63) is 70.8 Å². The third kappa shape index (κ3) is 8.25. The molecule has 0 unspecified atom stereocenters. The normalized spacial score (nSPS) is 13.8. The zero-order chi connectivity index (χ0) is 29.3. The van der Waals surface area contributed by atoms with Gasteiger partial charge in [0.25, 0.3) is 0 Å². The van der Waals surface area contributed by atoms with E-state index in [9.17, 15) is 18.0 Å². The van der Waals surface area contributed by atoms with Crippen LogP contribution in [0.4, 0.5) is 30.5 Å². The molecule has 9 nitrogen and oxygen atoms in total. The molecule has 1 aliphatic rings. The minimum atomic E-state index is -4.49. The molecule has 210 valence electrons. The Morgan fingerprint density at radius 1 is 1.18 bits per heavy atom. The number of nitrogens with two attached hydrogens (primary N) is 1. The fourth-order valence-corrected chi connectivity index (χ4v) is 3.88. The molecule has 0 aliphatic carbocycles. The maximum absolute atomic E-state index is 11.9. The summed E-state index contributed by atoms with van der Waals surface area (Å²) in [7, 11) is 3.99. The quantitative estimate of drug-likeness (QED) is 0.210. The Labute approximate surface area is 230 Å². The maximum Gasteiger partial charge on any atom is 0.433 e. The Morgan fingerprint density at radius 2 is 1.90 bits per heavy atom. The summed E-state index contributed by atoms with van der Waals surface area (Å²) in [5, 5.41) is 15.0. The van der Waals surface area contributed by atoms with Gasteiger partial charge in [-0.3, -0.25) is 15.2 Å². The highest BCUT2D eigenvalue weighted by atomic mass is 19.4. The third-order valence-corrected chi connectivity index (χ3v) is 6.24. The van der Waals surface area contributed by atoms with Crippen LogP contribution in [0.2, 0.25) is 0 Å². The molecule has 40 heavy (non-hydrogen) atoms. The van der Waals surface area contributed by atoms with Crippen LogP contribution in [0, 0.1) is 24.2 Å². The first kappa shape index (κ1) is 30.0. The average molecular weight is 553 g/mol. The molecule has 12 heteroatoms. The highest BCUT2D eigenvalue weighted by Crippen LogP contribution is 2.27. The molecule has 0 radical (unpaired) electrons. The zero-order valence-electron chi connectivity index (χ0n) is 22.4. The predicted octanol–water partition coefficient (Wildman–Crippen LogP) is 4.25. The molecule has 0 saturated carbocycles. The number of alkyl halides is 3. The average Bonchev–Trinajstić information content (AvgIpc) is 2.93. The molecule has 0 atom stereocenters. The molecule has 1 fully saturated rings. The largest absolute Gasteiger partial charge is 0.433 e. The summed E-state index contributed by atoms with van der Waals surface area (Å²) in [5.74, 6) is 6.87. The van der Waals surface area contributed by atoms with Crippen LogP contribution in [0.3, 0.4) is 0 Å². The number of nitrogens with zero attached hydrogens (tertiary/aromatic N) is 4. The number of rotatable bonds is 5. The minimum absolute atomic E-state index is 0.0303. The van der Waals surface area contributed by atoms with Gasteiger partial charge in [0.15, 0.2) is 0 Å². The molecular formula is C28H31F3N8O. The first-order valence-corrected chi connectivity index (χ1v) is 12.4. The van der Waals surface area contributed by atoms with E-state index in [1.165, 1.54) is 12.4 Å². The number of aromatic nitrogens is 3. The summed E-state index contributed by atoms with van der Waals surface area (Å²) in [5.41, 5.74) is 8.49. The van der Waals surface area contributed by atoms with Crippen LogP contribution in [0.15, 0.2) is 42.9 Å². The Balaban J connectivity index is 0.000000307. The summed E-state index contributed by atoms with van der Waals surface area (Å²) < 4.78 is 35.8. The van der Waals surface area contributed by atoms with E-state index in [0.29, 0.717) is 29.8 Å². The van der Waals surface area contributed by atoms with Gasteiger partial charge >= 0.3 is 6.18 Å². The Morgan fingerprint density at radius 3 is 2.55 bits per heavy atom. The van der Waals surface area contributed by atoms with E-state index in [0.717, 1.165) is 48.9 Å². The molecule has 5 N–H and O–H groups in total. The Hall–Kier alpha value is -4.50. The summed E-state index contributed by atoms with van der Waals surface area (Å²) in [6.45, 7) is 4.07. The van der Waals surface area contributed by atoms with Crippen molar-refractivity contribution in [1.82, 2.24) is 19.9 Å². The first-order valence-electron chi connectivity index (χ1n) is 12.4. The van der Waals surface area contributed by atoms with Gasteiger partial charge < -0.3 is 21.3 Å². The van der Waals surface area contributed by atoms with Gasteiger partial charge in [-0.05, 0) is 75.7 Å². The number of halogens is 3. The number of hydrogen-bond donors (Lipinski definition) is 4. The van der Waals surface area contributed by atoms with Crippen LogP contribution in [-0.4, -0.2) is 65.1 Å². The monoisotopic (exact) mass is 552 g/mol. The van der Waals surface area contributed by atoms with E-state index in [4.69, 9.17) is 11.1 Å². The van der Waals surface area contributed by atoms with E-state index >= 15 is 0 Å². The number of benzene rings is 1. The number of likely N-dealkylation sites (tertiary alicyclic amines) is 1. The van der Waals surface area contributed by atoms with Crippen molar-refractivity contribution in [3.63, 3.8) is 0 Å². The predicted molar refractivity (Wildman–Crippen MR) is 150 cm³/mol. The second kappa shape index (κ2) is 13.5. The topological polar surface area (TPSA) is 133 Å². The smallest absolute Gasteiger partial charge is 0.388 e. The van der Waals surface area contributed by atoms with Gasteiger partial charge in [-0.15, -0.1) is 0 Å². The number of aldehydes is 1. The second-order valence-electron chi connectivity index (χ2n) is 9.20. The van der Waals surface area contributed by atoms with Crippen LogP contribution in [0.1, 0.15) is 45.6 Å². The molecule has 1 aromatic carbocycles. The van der Waals surface area contributed by atoms with Crippen LogP contribution in [0.25, 0.3) is 0 Å². The molecule has 1 aliphatic heterocycles. The number of nitrogens with one attached hydrogen (secondary N) is 3. The van der Waals surface area contributed by atoms with E-state index in [1.54, 1.807) is 0 Å². The first-order chi connectivity index (χ1) is 19.0. The van der Waals surface area contributed by atoms with Crippen molar-refractivity contribution in [2.45, 2.75) is 32.0 Å². The van der Waals surface area contributed by atoms with Gasteiger partial charge in [0.2, 0.25) is 0 Å². The fourth-order valence-electron chi connectivity index (χ4n) is 3.88. The minimum Gasteiger partial charge on any atom is -0.388 e. The lowest BCUT2D eigenvalue weighted by Gasteiger charge is -2.30. The molecule has 0 bridgehead atoms. The van der Waals surface area contributed by atoms with E-state index < -0.39 is 11.9 Å². The van der Waals surface area contributed by atoms with Crippen molar-refractivity contribution in [3.8, 4) is 11.8 Å². The van der Waals surface area contributed by atoms with Gasteiger partial charge in [0, 0.05) is 36.1 Å². The molecule has 4 rings (SSSR count). The van der Waals surface area contributed by atoms with E-state index in [-0.39, 0.29) is 17.1 Å². The van der Waals surface area contributed by atoms with E-state index in [2.05, 4.69) is 49.4 Å². The molecule has 1 saturated heterocycles. The third-order valence-electron chi connectivity index (χ3n) is 6.24. The van der Waals surface area contributed by atoms with Crippen molar-refractivity contribution in [2.24, 2.45) is 0 Å². The number of piperidine rings is 1. The number of aryl methyl sites for hydroxylation is 1. The Kier molecular flexibility index (Phi) is 10.2. The van der Waals surface area contributed by atoms with Crippen molar-refractivity contribution >= 4 is 29.3 Å². The summed E-state index contributed by atoms with van der Waals surface area (Å²) in [6, 6.07) is 8.19. The van der Waals surface area contributed by atoms with Gasteiger partial charge in [-0.1, -0.05) is 12.0 Å². The molecule has 0 spiro atoms. The lowest BCUT2D eigenvalue weighted by molar-refractivity contribution is -0.141. The van der Waals surface area contributed by atoms with Crippen LogP contribution in [0.5, 0.6) is 0 Å². The molecule has 3 aromatic rings. The number of hydrogen-bond acceptors (Lipinski definition) is 9. The highest BCUT2D eigenvalue weighted by molar-refractivity contribution is 6.16. The number of carbonyl (C=O) groups is 1. The Bertz CT molecular complexity index is 1410. The number of pyridine rings is 1. The lowest BCUT2D eigenvalue weighted by Crippen LogP contribution is -2.37. The molecular weight excluding hydrogens is 521 g/mol. The zero-order valence-corrected chi connectivity index (χ0v) is 22.4. The van der Waals surface area contributed by atoms with Crippen molar-refractivity contribution in [2.75, 3.05) is 43.6 Å². The van der Waals surface area contributed by atoms with Crippen molar-refractivity contribution < 1.29 is 18.0 Å². The SMILES string of the molecule is CNc1ccc(C)c(C#CC(=N)c2c(N)ncnc2NC2CCN(C)CC2)c1.O=Cc1ccnc(C(F)(F)F)c1. The summed E-state index contributed by atoms with van der Waals surface area (Å²) >= 11 is 0. The second-order valence-corrected chi connectivity index (χ2v) is 9.20. The highest BCUT2D eigenvalue weighted by Gasteiger charge is 2.32. The molecule has 3 heterocycles. The number of nitrogen functional groups attached to an aromatic ring is 1. The summed E-state index contributed by atoms with van der Waals surface area (Å²) in [4.78, 5) is 23.9. The van der Waals surface area contributed by atoms with Crippen LogP contribution < -0.4 is 16.4 Å². The molecule has 0 amide bonds. The van der Waals surface area contributed by atoms with E-state index in [1.807, 2.05) is 32.2 Å². The maximum atomic E-state index is 11.9. The number of carbonyl (C=O) groups excluding carboxylic acids is 1. The van der Waals surface area contributed by atoms with Gasteiger partial charge in [0.1, 0.15) is 35.7 Å². The number of anilines is 3. The van der Waals surface area contributed by atoms with Gasteiger partial charge in [-0.2, -0.15) is 13.2 Å². The standard InChI is InChI=1S/C21H27N7.C7H4F3NO/c1-14-4-6-17(24-2)12-15(14)5-7-18(22)19-20(23)25-13-26-21(19)27-16-8-10-28(3)11-9-16;8-7(9,10)6-3-5(4-12)1-2-11-6/h4,6,12-13,16,22,24H,8-11H2,1-3H3,(H3,23,25,26,27);1-4H. The van der Waals surface area contributed by atoms with Crippen LogP contribution >= 0.6 is 0 Å². The lowest BCUT2D eigenvalue weighted by atomic mass is 10.0. The molecule has 2 aromatic heterocycles. The van der Waals surface area contributed by atoms with Gasteiger partial charge in [0.05, 0.1) is 5.56 Å². The van der Waals surface area contributed by atoms with Crippen molar-refractivity contribution in [1.29, 1.82) is 5.41 Å².